The highest BCUT2D eigenvalue weighted by Crippen LogP contribution is 2.17. The van der Waals surface area contributed by atoms with Gasteiger partial charge in [0.05, 0.1) is 6.61 Å². The molecule has 0 heterocycles. The van der Waals surface area contributed by atoms with E-state index < -0.39 is 0 Å². The Bertz CT molecular complexity index is 405. The summed E-state index contributed by atoms with van der Waals surface area (Å²) >= 11 is 0. The number of ether oxygens (including phenoxy) is 1. The fourth-order valence-electron chi connectivity index (χ4n) is 1.71. The molecule has 100 valence electrons. The summed E-state index contributed by atoms with van der Waals surface area (Å²) in [5.74, 6) is -0.0629. The standard InChI is InChI=1S/C14H22N2O2/c1-5-18-9-11(3)16-13-7-6-12(8-10(13)2)14(17)15-4/h6-8,11,16H,5,9H2,1-4H3,(H,15,17). The van der Waals surface area contributed by atoms with E-state index in [1.54, 1.807) is 7.05 Å². The van der Waals surface area contributed by atoms with Crippen molar-refractivity contribution in [2.75, 3.05) is 25.6 Å². The molecular formula is C14H22N2O2. The first kappa shape index (κ1) is 14.5. The number of amides is 1. The molecule has 1 rings (SSSR count). The van der Waals surface area contributed by atoms with E-state index >= 15 is 0 Å². The second kappa shape index (κ2) is 7.01. The number of rotatable bonds is 6. The van der Waals surface area contributed by atoms with Crippen LogP contribution in [-0.2, 0) is 4.74 Å². The quantitative estimate of drug-likeness (QED) is 0.813. The molecule has 4 nitrogen and oxygen atoms in total. The van der Waals surface area contributed by atoms with Crippen LogP contribution in [0.25, 0.3) is 0 Å². The summed E-state index contributed by atoms with van der Waals surface area (Å²) in [7, 11) is 1.63. The molecule has 4 heteroatoms. The first-order chi connectivity index (χ1) is 8.58. The predicted octanol–water partition coefficient (Wildman–Crippen LogP) is 2.19. The maximum absolute atomic E-state index is 11.5. The smallest absolute Gasteiger partial charge is 0.251 e. The summed E-state index contributed by atoms with van der Waals surface area (Å²) in [4.78, 5) is 11.5. The van der Waals surface area contributed by atoms with Crippen molar-refractivity contribution in [3.05, 3.63) is 29.3 Å². The second-order valence-electron chi connectivity index (χ2n) is 4.31. The predicted molar refractivity (Wildman–Crippen MR) is 74.1 cm³/mol. The number of benzene rings is 1. The molecule has 1 amide bonds. The van der Waals surface area contributed by atoms with Gasteiger partial charge in [-0.15, -0.1) is 0 Å². The van der Waals surface area contributed by atoms with Crippen molar-refractivity contribution in [3.63, 3.8) is 0 Å². The molecule has 0 aromatic heterocycles. The Morgan fingerprint density at radius 1 is 1.44 bits per heavy atom. The molecule has 0 saturated heterocycles. The summed E-state index contributed by atoms with van der Waals surface area (Å²) < 4.78 is 5.36. The molecule has 1 aromatic carbocycles. The van der Waals surface area contributed by atoms with Crippen molar-refractivity contribution in [1.82, 2.24) is 5.32 Å². The molecule has 18 heavy (non-hydrogen) atoms. The molecule has 0 saturated carbocycles. The Hall–Kier alpha value is -1.55. The van der Waals surface area contributed by atoms with Crippen LogP contribution in [0.1, 0.15) is 29.8 Å². The third-order valence-electron chi connectivity index (χ3n) is 2.69. The molecule has 1 atom stereocenters. The van der Waals surface area contributed by atoms with E-state index in [2.05, 4.69) is 17.6 Å². The lowest BCUT2D eigenvalue weighted by atomic mass is 10.1. The van der Waals surface area contributed by atoms with Gasteiger partial charge >= 0.3 is 0 Å². The zero-order valence-corrected chi connectivity index (χ0v) is 11.5. The maximum Gasteiger partial charge on any atom is 0.251 e. The molecule has 0 aliphatic carbocycles. The number of hydrogen-bond donors (Lipinski definition) is 2. The van der Waals surface area contributed by atoms with E-state index in [-0.39, 0.29) is 11.9 Å². The van der Waals surface area contributed by atoms with Gasteiger partial charge in [-0.2, -0.15) is 0 Å². The van der Waals surface area contributed by atoms with Crippen molar-refractivity contribution in [2.45, 2.75) is 26.8 Å². The number of anilines is 1. The van der Waals surface area contributed by atoms with E-state index in [9.17, 15) is 4.79 Å². The molecule has 0 aliphatic rings. The minimum Gasteiger partial charge on any atom is -0.380 e. The average molecular weight is 250 g/mol. The minimum absolute atomic E-state index is 0.0629. The highest BCUT2D eigenvalue weighted by Gasteiger charge is 2.08. The van der Waals surface area contributed by atoms with Crippen LogP contribution >= 0.6 is 0 Å². The van der Waals surface area contributed by atoms with Crippen LogP contribution in [0.3, 0.4) is 0 Å². The molecule has 2 N–H and O–H groups in total. The van der Waals surface area contributed by atoms with E-state index in [1.807, 2.05) is 32.0 Å². The second-order valence-corrected chi connectivity index (χ2v) is 4.31. The SMILES string of the molecule is CCOCC(C)Nc1ccc(C(=O)NC)cc1C. The molecule has 0 aliphatic heterocycles. The van der Waals surface area contributed by atoms with Crippen molar-refractivity contribution in [1.29, 1.82) is 0 Å². The van der Waals surface area contributed by atoms with E-state index in [4.69, 9.17) is 4.74 Å². The van der Waals surface area contributed by atoms with Crippen LogP contribution in [0.2, 0.25) is 0 Å². The van der Waals surface area contributed by atoms with Crippen molar-refractivity contribution < 1.29 is 9.53 Å². The Morgan fingerprint density at radius 3 is 2.72 bits per heavy atom. The molecule has 0 fully saturated rings. The molecular weight excluding hydrogens is 228 g/mol. The maximum atomic E-state index is 11.5. The Morgan fingerprint density at radius 2 is 2.17 bits per heavy atom. The van der Waals surface area contributed by atoms with Crippen LogP contribution in [0.5, 0.6) is 0 Å². The topological polar surface area (TPSA) is 50.4 Å². The van der Waals surface area contributed by atoms with Gasteiger partial charge in [0, 0.05) is 30.9 Å². The molecule has 0 spiro atoms. The van der Waals surface area contributed by atoms with Crippen LogP contribution in [-0.4, -0.2) is 32.2 Å². The van der Waals surface area contributed by atoms with Gasteiger partial charge in [-0.1, -0.05) is 0 Å². The summed E-state index contributed by atoms with van der Waals surface area (Å²) in [6.07, 6.45) is 0. The van der Waals surface area contributed by atoms with Crippen LogP contribution in [0.15, 0.2) is 18.2 Å². The Balaban J connectivity index is 2.70. The normalized spacial score (nSPS) is 12.0. The van der Waals surface area contributed by atoms with Gasteiger partial charge in [0.15, 0.2) is 0 Å². The number of aryl methyl sites for hydroxylation is 1. The largest absolute Gasteiger partial charge is 0.380 e. The van der Waals surface area contributed by atoms with E-state index in [0.29, 0.717) is 12.2 Å². The monoisotopic (exact) mass is 250 g/mol. The van der Waals surface area contributed by atoms with Crippen LogP contribution in [0.4, 0.5) is 5.69 Å². The fourth-order valence-corrected chi connectivity index (χ4v) is 1.71. The zero-order chi connectivity index (χ0) is 13.5. The number of nitrogens with one attached hydrogen (secondary N) is 2. The zero-order valence-electron chi connectivity index (χ0n) is 11.5. The van der Waals surface area contributed by atoms with Crippen LogP contribution in [0, 0.1) is 6.92 Å². The number of carbonyl (C=O) groups is 1. The summed E-state index contributed by atoms with van der Waals surface area (Å²) in [5.41, 5.74) is 2.77. The summed E-state index contributed by atoms with van der Waals surface area (Å²) in [5, 5.41) is 5.99. The van der Waals surface area contributed by atoms with Gasteiger partial charge in [-0.05, 0) is 44.5 Å². The lowest BCUT2D eigenvalue weighted by Gasteiger charge is -2.17. The lowest BCUT2D eigenvalue weighted by molar-refractivity contribution is 0.0963. The lowest BCUT2D eigenvalue weighted by Crippen LogP contribution is -2.22. The van der Waals surface area contributed by atoms with Gasteiger partial charge < -0.3 is 15.4 Å². The third-order valence-corrected chi connectivity index (χ3v) is 2.69. The van der Waals surface area contributed by atoms with Gasteiger partial charge in [0.25, 0.3) is 5.91 Å². The van der Waals surface area contributed by atoms with Crippen molar-refractivity contribution >= 4 is 11.6 Å². The summed E-state index contributed by atoms with van der Waals surface area (Å²) in [6.45, 7) is 7.44. The first-order valence-electron chi connectivity index (χ1n) is 6.25. The molecule has 1 unspecified atom stereocenters. The van der Waals surface area contributed by atoms with Gasteiger partial charge in [0.1, 0.15) is 0 Å². The van der Waals surface area contributed by atoms with Gasteiger partial charge in [0.2, 0.25) is 0 Å². The Kier molecular flexibility index (Phi) is 5.65. The van der Waals surface area contributed by atoms with E-state index in [1.165, 1.54) is 0 Å². The van der Waals surface area contributed by atoms with Crippen molar-refractivity contribution in [3.8, 4) is 0 Å². The number of carbonyl (C=O) groups excluding carboxylic acids is 1. The fraction of sp³-hybridized carbons (Fsp3) is 0.500. The van der Waals surface area contributed by atoms with E-state index in [0.717, 1.165) is 17.9 Å². The minimum atomic E-state index is -0.0629. The number of hydrogen-bond acceptors (Lipinski definition) is 3. The average Bonchev–Trinajstić information content (AvgIpc) is 2.37. The third kappa shape index (κ3) is 4.04. The molecule has 0 radical (unpaired) electrons. The van der Waals surface area contributed by atoms with Gasteiger partial charge in [-0.3, -0.25) is 4.79 Å². The summed E-state index contributed by atoms with van der Waals surface area (Å²) in [6, 6.07) is 5.88. The van der Waals surface area contributed by atoms with Gasteiger partial charge in [-0.25, -0.2) is 0 Å². The molecule has 1 aromatic rings. The van der Waals surface area contributed by atoms with Crippen LogP contribution < -0.4 is 10.6 Å². The highest BCUT2D eigenvalue weighted by molar-refractivity contribution is 5.94. The highest BCUT2D eigenvalue weighted by atomic mass is 16.5. The van der Waals surface area contributed by atoms with Crippen molar-refractivity contribution in [2.24, 2.45) is 0 Å². The first-order valence-corrected chi connectivity index (χ1v) is 6.25. The Labute approximate surface area is 109 Å². The molecule has 0 bridgehead atoms.